The van der Waals surface area contributed by atoms with E-state index in [9.17, 15) is 4.79 Å². The zero-order valence-electron chi connectivity index (χ0n) is 19.0. The van der Waals surface area contributed by atoms with Crippen molar-refractivity contribution in [2.24, 2.45) is 5.92 Å². The Morgan fingerprint density at radius 1 is 1.03 bits per heavy atom. The Balaban J connectivity index is 1.18. The number of anilines is 1. The van der Waals surface area contributed by atoms with Crippen molar-refractivity contribution in [3.05, 3.63) is 29.3 Å². The standard InChI is InChI=1S/C25H40N4O/c1-27(2)25(30)26-22-12-10-20(11-13-22)14-15-28-16-18-29(19-17-28)24-9-5-7-21-6-3-4-8-23(21)24/h5,7,9,20,22H,3-4,6,8,10-19H2,1-2H3,(H,26,30). The van der Waals surface area contributed by atoms with Crippen molar-refractivity contribution in [1.82, 2.24) is 15.1 Å². The largest absolute Gasteiger partial charge is 0.369 e. The summed E-state index contributed by atoms with van der Waals surface area (Å²) in [6.45, 7) is 5.95. The molecule has 2 fully saturated rings. The molecule has 3 aliphatic rings. The third-order valence-electron chi connectivity index (χ3n) is 7.52. The predicted molar refractivity (Wildman–Crippen MR) is 124 cm³/mol. The maximum Gasteiger partial charge on any atom is 0.317 e. The van der Waals surface area contributed by atoms with Gasteiger partial charge in [-0.3, -0.25) is 4.90 Å². The number of carbonyl (C=O) groups is 1. The summed E-state index contributed by atoms with van der Waals surface area (Å²) in [6.07, 6.45) is 11.3. The van der Waals surface area contributed by atoms with E-state index in [1.54, 1.807) is 16.0 Å². The summed E-state index contributed by atoms with van der Waals surface area (Å²) in [5.74, 6) is 0.830. The maximum atomic E-state index is 11.8. The van der Waals surface area contributed by atoms with Crippen LogP contribution in [0.15, 0.2) is 18.2 Å². The summed E-state index contributed by atoms with van der Waals surface area (Å²) in [4.78, 5) is 18.8. The van der Waals surface area contributed by atoms with Gasteiger partial charge in [0.15, 0.2) is 0 Å². The number of aryl methyl sites for hydroxylation is 1. The molecule has 4 rings (SSSR count). The zero-order valence-corrected chi connectivity index (χ0v) is 19.0. The molecule has 5 heteroatoms. The van der Waals surface area contributed by atoms with Gasteiger partial charge in [-0.2, -0.15) is 0 Å². The van der Waals surface area contributed by atoms with Gasteiger partial charge >= 0.3 is 6.03 Å². The second kappa shape index (κ2) is 10.0. The number of amides is 2. The molecule has 2 amide bonds. The van der Waals surface area contributed by atoms with Crippen molar-refractivity contribution in [3.8, 4) is 0 Å². The molecule has 166 valence electrons. The first-order chi connectivity index (χ1) is 14.6. The van der Waals surface area contributed by atoms with Crippen LogP contribution in [0.4, 0.5) is 10.5 Å². The lowest BCUT2D eigenvalue weighted by molar-refractivity contribution is 0.194. The van der Waals surface area contributed by atoms with E-state index in [0.717, 1.165) is 18.8 Å². The number of nitrogens with one attached hydrogen (secondary N) is 1. The van der Waals surface area contributed by atoms with Crippen LogP contribution in [0, 0.1) is 5.92 Å². The number of hydrogen-bond donors (Lipinski definition) is 1. The van der Waals surface area contributed by atoms with Gasteiger partial charge in [-0.1, -0.05) is 12.1 Å². The van der Waals surface area contributed by atoms with E-state index in [1.165, 1.54) is 83.4 Å². The molecule has 2 aliphatic carbocycles. The van der Waals surface area contributed by atoms with Crippen molar-refractivity contribution in [3.63, 3.8) is 0 Å². The summed E-state index contributed by atoms with van der Waals surface area (Å²) in [6, 6.07) is 7.39. The molecule has 0 atom stereocenters. The van der Waals surface area contributed by atoms with Crippen LogP contribution in [0.2, 0.25) is 0 Å². The Kier molecular flexibility index (Phi) is 7.19. The van der Waals surface area contributed by atoms with E-state index >= 15 is 0 Å². The van der Waals surface area contributed by atoms with Crippen LogP contribution in [0.5, 0.6) is 0 Å². The topological polar surface area (TPSA) is 38.8 Å². The van der Waals surface area contributed by atoms with Gasteiger partial charge in [0.25, 0.3) is 0 Å². The highest BCUT2D eigenvalue weighted by Gasteiger charge is 2.25. The van der Waals surface area contributed by atoms with Crippen LogP contribution in [-0.4, -0.2) is 68.7 Å². The third kappa shape index (κ3) is 5.29. The van der Waals surface area contributed by atoms with Gasteiger partial charge in [-0.15, -0.1) is 0 Å². The van der Waals surface area contributed by atoms with E-state index < -0.39 is 0 Å². The lowest BCUT2D eigenvalue weighted by Crippen LogP contribution is -2.47. The highest BCUT2D eigenvalue weighted by atomic mass is 16.2. The first-order valence-corrected chi connectivity index (χ1v) is 12.2. The number of carbonyl (C=O) groups excluding carboxylic acids is 1. The number of urea groups is 1. The van der Waals surface area contributed by atoms with Crippen LogP contribution in [-0.2, 0) is 12.8 Å². The second-order valence-corrected chi connectivity index (χ2v) is 9.80. The molecule has 0 radical (unpaired) electrons. The zero-order chi connectivity index (χ0) is 20.9. The fourth-order valence-corrected chi connectivity index (χ4v) is 5.53. The summed E-state index contributed by atoms with van der Waals surface area (Å²) in [5, 5.41) is 3.16. The average Bonchev–Trinajstić information content (AvgIpc) is 2.78. The number of fused-ring (bicyclic) bond motifs is 1. The molecule has 1 N–H and O–H groups in total. The molecular weight excluding hydrogens is 372 g/mol. The number of nitrogens with zero attached hydrogens (tertiary/aromatic N) is 3. The first kappa shape index (κ1) is 21.5. The van der Waals surface area contributed by atoms with Gasteiger partial charge in [0.05, 0.1) is 0 Å². The normalized spacial score (nSPS) is 24.9. The van der Waals surface area contributed by atoms with Gasteiger partial charge in [-0.05, 0) is 87.4 Å². The second-order valence-electron chi connectivity index (χ2n) is 9.80. The van der Waals surface area contributed by atoms with Gasteiger partial charge < -0.3 is 15.1 Å². The minimum absolute atomic E-state index is 0.0519. The predicted octanol–water partition coefficient (Wildman–Crippen LogP) is 3.91. The van der Waals surface area contributed by atoms with Crippen LogP contribution in [0.3, 0.4) is 0 Å². The first-order valence-electron chi connectivity index (χ1n) is 12.2. The Morgan fingerprint density at radius 2 is 1.77 bits per heavy atom. The highest BCUT2D eigenvalue weighted by molar-refractivity contribution is 5.73. The number of hydrogen-bond acceptors (Lipinski definition) is 3. The van der Waals surface area contributed by atoms with Gasteiger partial charge in [0, 0.05) is 52.0 Å². The van der Waals surface area contributed by atoms with Crippen LogP contribution >= 0.6 is 0 Å². The molecule has 1 saturated heterocycles. The van der Waals surface area contributed by atoms with E-state index in [0.29, 0.717) is 6.04 Å². The number of benzene rings is 1. The van der Waals surface area contributed by atoms with Crippen molar-refractivity contribution in [1.29, 1.82) is 0 Å². The summed E-state index contributed by atoms with van der Waals surface area (Å²) in [5.41, 5.74) is 4.75. The Morgan fingerprint density at radius 3 is 2.50 bits per heavy atom. The lowest BCUT2D eigenvalue weighted by Gasteiger charge is -2.38. The molecule has 1 saturated carbocycles. The molecule has 1 aromatic rings. The maximum absolute atomic E-state index is 11.8. The summed E-state index contributed by atoms with van der Waals surface area (Å²) < 4.78 is 0. The van der Waals surface area contributed by atoms with E-state index in [2.05, 4.69) is 33.3 Å². The molecule has 1 aromatic carbocycles. The molecule has 0 unspecified atom stereocenters. The monoisotopic (exact) mass is 412 g/mol. The molecular formula is C25H40N4O. The molecule has 0 aromatic heterocycles. The van der Waals surface area contributed by atoms with E-state index in [-0.39, 0.29) is 6.03 Å². The van der Waals surface area contributed by atoms with Gasteiger partial charge in [-0.25, -0.2) is 4.79 Å². The van der Waals surface area contributed by atoms with Crippen LogP contribution in [0.25, 0.3) is 0 Å². The SMILES string of the molecule is CN(C)C(=O)NC1CCC(CCN2CCN(c3cccc4c3CCCC4)CC2)CC1. The average molecular weight is 413 g/mol. The molecule has 0 spiro atoms. The van der Waals surface area contributed by atoms with Crippen LogP contribution < -0.4 is 10.2 Å². The summed E-state index contributed by atoms with van der Waals surface area (Å²) in [7, 11) is 3.63. The van der Waals surface area contributed by atoms with Crippen molar-refractivity contribution in [2.75, 3.05) is 51.7 Å². The molecule has 0 bridgehead atoms. The van der Waals surface area contributed by atoms with Crippen molar-refractivity contribution in [2.45, 2.75) is 63.8 Å². The molecule has 5 nitrogen and oxygen atoms in total. The Hall–Kier alpha value is -1.75. The van der Waals surface area contributed by atoms with Crippen molar-refractivity contribution < 1.29 is 4.79 Å². The smallest absolute Gasteiger partial charge is 0.317 e. The quantitative estimate of drug-likeness (QED) is 0.797. The van der Waals surface area contributed by atoms with Gasteiger partial charge in [0.2, 0.25) is 0 Å². The molecule has 1 heterocycles. The lowest BCUT2D eigenvalue weighted by atomic mass is 9.84. The summed E-state index contributed by atoms with van der Waals surface area (Å²) >= 11 is 0. The van der Waals surface area contributed by atoms with Crippen molar-refractivity contribution >= 4 is 11.7 Å². The molecule has 30 heavy (non-hydrogen) atoms. The fourth-order valence-electron chi connectivity index (χ4n) is 5.53. The van der Waals surface area contributed by atoms with Gasteiger partial charge in [0.1, 0.15) is 0 Å². The Labute approximate surface area is 182 Å². The fraction of sp³-hybridized carbons (Fsp3) is 0.720. The molecule has 1 aliphatic heterocycles. The third-order valence-corrected chi connectivity index (χ3v) is 7.52. The number of rotatable bonds is 5. The minimum Gasteiger partial charge on any atom is -0.369 e. The minimum atomic E-state index is 0.0519. The highest BCUT2D eigenvalue weighted by Crippen LogP contribution is 2.31. The Bertz CT molecular complexity index is 703. The van der Waals surface area contributed by atoms with E-state index in [1.807, 2.05) is 14.1 Å². The van der Waals surface area contributed by atoms with Crippen LogP contribution in [0.1, 0.15) is 56.1 Å². The number of piperazine rings is 1. The van der Waals surface area contributed by atoms with E-state index in [4.69, 9.17) is 0 Å².